The van der Waals surface area contributed by atoms with Crippen LogP contribution in [0.1, 0.15) is 44.0 Å². The maximum atomic E-state index is 14.1. The van der Waals surface area contributed by atoms with E-state index < -0.39 is 5.76 Å². The predicted molar refractivity (Wildman–Crippen MR) is 165 cm³/mol. The average molecular weight is 602 g/mol. The molecule has 0 aliphatic heterocycles. The molecule has 0 saturated carbocycles. The van der Waals surface area contributed by atoms with Crippen LogP contribution in [0.25, 0.3) is 34.0 Å². The maximum absolute atomic E-state index is 14.1. The number of aryl methyl sites for hydroxylation is 1. The number of nitrogens with one attached hydrogen (secondary N) is 1. The molecule has 6 rings (SSSR count). The van der Waals surface area contributed by atoms with Gasteiger partial charge in [0, 0.05) is 68.9 Å². The van der Waals surface area contributed by atoms with E-state index in [4.69, 9.17) is 9.26 Å². The van der Waals surface area contributed by atoms with Crippen LogP contribution in [0.4, 0.5) is 0 Å². The van der Waals surface area contributed by atoms with Crippen molar-refractivity contribution in [2.45, 2.75) is 46.1 Å². The molecule has 0 saturated heterocycles. The van der Waals surface area contributed by atoms with Crippen molar-refractivity contribution in [1.82, 2.24) is 29.3 Å². The minimum atomic E-state index is -0.604. The van der Waals surface area contributed by atoms with Gasteiger partial charge >= 0.3 is 5.76 Å². The van der Waals surface area contributed by atoms with Gasteiger partial charge in [-0.05, 0) is 61.2 Å². The van der Waals surface area contributed by atoms with Crippen molar-refractivity contribution in [3.05, 3.63) is 117 Å². The van der Waals surface area contributed by atoms with E-state index >= 15 is 0 Å². The van der Waals surface area contributed by atoms with Gasteiger partial charge in [-0.1, -0.05) is 67.0 Å². The smallest absolute Gasteiger partial charge is 0.439 e. The van der Waals surface area contributed by atoms with Crippen molar-refractivity contribution in [3.8, 4) is 34.0 Å². The first-order chi connectivity index (χ1) is 20.4. The number of H-pyrrole nitrogens is 1. The van der Waals surface area contributed by atoms with Crippen LogP contribution < -0.4 is 16.1 Å². The molecule has 0 spiro atoms. The van der Waals surface area contributed by atoms with Crippen molar-refractivity contribution in [2.24, 2.45) is 0 Å². The summed E-state index contributed by atoms with van der Waals surface area (Å²) in [7, 11) is 0. The third kappa shape index (κ3) is 6.36. The van der Waals surface area contributed by atoms with Crippen molar-refractivity contribution >= 4 is 57.2 Å². The molecule has 1 N–H and O–H groups in total. The van der Waals surface area contributed by atoms with Crippen LogP contribution in [-0.2, 0) is 12.8 Å². The Morgan fingerprint density at radius 2 is 1.67 bits per heavy atom. The van der Waals surface area contributed by atoms with E-state index in [1.54, 1.807) is 9.08 Å². The number of aromatic nitrogens is 6. The van der Waals surface area contributed by atoms with E-state index in [1.165, 1.54) is 6.33 Å². The minimum Gasteiger partial charge on any atom is -0.491 e. The zero-order chi connectivity index (χ0) is 29.2. The summed E-state index contributed by atoms with van der Waals surface area (Å²) in [5.41, 5.74) is 5.67. The van der Waals surface area contributed by atoms with Gasteiger partial charge in [-0.2, -0.15) is 10.1 Å². The van der Waals surface area contributed by atoms with Gasteiger partial charge in [-0.3, -0.25) is 14.3 Å². The first kappa shape index (κ1) is 30.8. The number of hydrogen-bond acceptors (Lipinski definition) is 7. The Bertz CT molecular complexity index is 1970. The molecule has 10 nitrogen and oxygen atoms in total. The van der Waals surface area contributed by atoms with E-state index in [0.717, 1.165) is 40.1 Å². The Balaban J connectivity index is 0.00000368. The first-order valence-corrected chi connectivity index (χ1v) is 13.9. The molecular formula is C32H30KN6O4. The molecule has 6 aromatic rings. The minimum absolute atomic E-state index is 0. The van der Waals surface area contributed by atoms with Gasteiger partial charge in [0.2, 0.25) is 5.78 Å². The second-order valence-corrected chi connectivity index (χ2v) is 10.3. The SMILES string of the molecule is CCCc1c(Cc2ccc(-c3ccccc3-c3noc(=O)[nH]3)cc2)c(=O)n(-c2ccc(OC(C)C)cc2)c2ncnn12.[K]. The Morgan fingerprint density at radius 3 is 2.33 bits per heavy atom. The molecule has 0 aliphatic rings. The fourth-order valence-corrected chi connectivity index (χ4v) is 5.20. The standard InChI is InChI=1S/C32H30N6O4.K/c1-4-7-28-27(30(39)37(31-33-19-34-38(28)31)23-14-16-24(17-15-23)41-20(2)3)18-21-10-12-22(13-11-21)25-8-5-6-9-26(25)29-35-32(40)42-36-29;/h5-6,8-17,19-20H,4,7,18H2,1-3H3,(H,35,36,40);. The van der Waals surface area contributed by atoms with Gasteiger partial charge in [-0.25, -0.2) is 13.9 Å². The number of nitrogens with zero attached hydrogens (tertiary/aromatic N) is 5. The molecule has 213 valence electrons. The molecule has 11 heteroatoms. The van der Waals surface area contributed by atoms with E-state index in [0.29, 0.717) is 35.7 Å². The fraction of sp³-hybridized carbons (Fsp3) is 0.219. The van der Waals surface area contributed by atoms with E-state index in [9.17, 15) is 9.59 Å². The van der Waals surface area contributed by atoms with E-state index in [1.807, 2.05) is 86.6 Å². The molecule has 0 bridgehead atoms. The van der Waals surface area contributed by atoms with Crippen molar-refractivity contribution < 1.29 is 9.26 Å². The second-order valence-electron chi connectivity index (χ2n) is 10.3. The zero-order valence-corrected chi connectivity index (χ0v) is 27.7. The number of hydrogen-bond donors (Lipinski definition) is 1. The summed E-state index contributed by atoms with van der Waals surface area (Å²) in [6.45, 7) is 6.03. The Labute approximate surface area is 290 Å². The maximum Gasteiger partial charge on any atom is 0.439 e. The molecule has 3 aromatic heterocycles. The third-order valence-corrected chi connectivity index (χ3v) is 7.02. The molecular weight excluding hydrogens is 571 g/mol. The summed E-state index contributed by atoms with van der Waals surface area (Å²) in [4.78, 5) is 32.7. The van der Waals surface area contributed by atoms with Crippen LogP contribution in [0.5, 0.6) is 5.75 Å². The largest absolute Gasteiger partial charge is 0.491 e. The van der Waals surface area contributed by atoms with Gasteiger partial charge < -0.3 is 4.74 Å². The van der Waals surface area contributed by atoms with Crippen molar-refractivity contribution in [2.75, 3.05) is 0 Å². The second kappa shape index (κ2) is 13.4. The van der Waals surface area contributed by atoms with E-state index in [2.05, 4.69) is 27.1 Å². The van der Waals surface area contributed by atoms with Crippen LogP contribution in [0, 0.1) is 0 Å². The number of aromatic amines is 1. The number of fused-ring (bicyclic) bond motifs is 1. The quantitative estimate of drug-likeness (QED) is 0.236. The number of ether oxygens (including phenoxy) is 1. The van der Waals surface area contributed by atoms with Gasteiger partial charge in [0.25, 0.3) is 5.56 Å². The Kier molecular flexibility index (Phi) is 9.57. The summed E-state index contributed by atoms with van der Waals surface area (Å²) < 4.78 is 13.9. The zero-order valence-electron chi connectivity index (χ0n) is 24.6. The summed E-state index contributed by atoms with van der Waals surface area (Å²) in [6.07, 6.45) is 3.50. The average Bonchev–Trinajstić information content (AvgIpc) is 3.65. The van der Waals surface area contributed by atoms with Crippen LogP contribution >= 0.6 is 0 Å². The van der Waals surface area contributed by atoms with E-state index in [-0.39, 0.29) is 63.0 Å². The molecule has 0 aliphatic carbocycles. The third-order valence-electron chi connectivity index (χ3n) is 7.02. The normalized spacial score (nSPS) is 11.2. The van der Waals surface area contributed by atoms with Crippen LogP contribution in [0.15, 0.2) is 93.2 Å². The molecule has 0 unspecified atom stereocenters. The Morgan fingerprint density at radius 1 is 0.953 bits per heavy atom. The molecule has 3 aromatic carbocycles. The van der Waals surface area contributed by atoms with Crippen LogP contribution in [0.2, 0.25) is 0 Å². The summed E-state index contributed by atoms with van der Waals surface area (Å²) in [5, 5.41) is 8.35. The monoisotopic (exact) mass is 601 g/mol. The number of benzene rings is 3. The molecule has 43 heavy (non-hydrogen) atoms. The topological polar surface area (TPSA) is 120 Å². The van der Waals surface area contributed by atoms with Crippen LogP contribution in [0.3, 0.4) is 0 Å². The summed E-state index contributed by atoms with van der Waals surface area (Å²) in [5.74, 6) is 0.975. The van der Waals surface area contributed by atoms with Gasteiger partial charge in [0.15, 0.2) is 5.82 Å². The van der Waals surface area contributed by atoms with Crippen molar-refractivity contribution in [3.63, 3.8) is 0 Å². The molecule has 0 atom stereocenters. The number of rotatable bonds is 9. The molecule has 0 amide bonds. The Hall–Kier alpha value is -3.61. The predicted octanol–water partition coefficient (Wildman–Crippen LogP) is 4.84. The molecule has 1 radical (unpaired) electrons. The molecule has 3 heterocycles. The van der Waals surface area contributed by atoms with Gasteiger partial charge in [0.05, 0.1) is 17.5 Å². The fourth-order valence-electron chi connectivity index (χ4n) is 5.20. The molecule has 0 fully saturated rings. The first-order valence-electron chi connectivity index (χ1n) is 13.9. The van der Waals surface area contributed by atoms with Crippen molar-refractivity contribution in [1.29, 1.82) is 0 Å². The van der Waals surface area contributed by atoms with Gasteiger partial charge in [0.1, 0.15) is 12.1 Å². The summed E-state index contributed by atoms with van der Waals surface area (Å²) in [6, 6.07) is 23.1. The summed E-state index contributed by atoms with van der Waals surface area (Å²) >= 11 is 0. The van der Waals surface area contributed by atoms with Crippen LogP contribution in [-0.4, -0.2) is 86.8 Å². The van der Waals surface area contributed by atoms with Gasteiger partial charge in [-0.15, -0.1) is 0 Å².